The highest BCUT2D eigenvalue weighted by Gasteiger charge is 2.19. The van der Waals surface area contributed by atoms with E-state index < -0.39 is 12.2 Å². The van der Waals surface area contributed by atoms with Crippen LogP contribution in [0.15, 0.2) is 39.7 Å². The Bertz CT molecular complexity index is 1440. The SMILES string of the molecule is CSc1nc(N=Nc2c(NCC(C)O)nc(NCC(C)O)c(C#N)c2C)nn1-c1nc2ccccc2s1. The molecular formula is C23H26N10O2S2. The first-order valence-electron chi connectivity index (χ1n) is 11.4. The van der Waals surface area contributed by atoms with E-state index in [0.717, 1.165) is 10.2 Å². The number of aromatic nitrogens is 5. The molecule has 4 rings (SSSR count). The van der Waals surface area contributed by atoms with E-state index in [2.05, 4.69) is 47.0 Å². The molecular weight excluding hydrogens is 512 g/mol. The molecule has 3 aromatic heterocycles. The molecule has 3 heterocycles. The molecule has 4 N–H and O–H groups in total. The van der Waals surface area contributed by atoms with E-state index in [9.17, 15) is 15.5 Å². The number of nitrogens with zero attached hydrogens (tertiary/aromatic N) is 8. The van der Waals surface area contributed by atoms with Gasteiger partial charge in [0, 0.05) is 18.7 Å². The van der Waals surface area contributed by atoms with Gasteiger partial charge in [-0.1, -0.05) is 35.2 Å². The van der Waals surface area contributed by atoms with Gasteiger partial charge < -0.3 is 20.8 Å². The lowest BCUT2D eigenvalue weighted by atomic mass is 10.1. The summed E-state index contributed by atoms with van der Waals surface area (Å²) in [7, 11) is 0. The average Bonchev–Trinajstić information content (AvgIpc) is 3.49. The van der Waals surface area contributed by atoms with E-state index in [1.165, 1.54) is 23.1 Å². The van der Waals surface area contributed by atoms with Crippen LogP contribution in [0.3, 0.4) is 0 Å². The number of hydrogen-bond acceptors (Lipinski definition) is 13. The Kier molecular flexibility index (Phi) is 8.29. The molecule has 0 fully saturated rings. The number of nitrogens with one attached hydrogen (secondary N) is 2. The number of rotatable bonds is 10. The van der Waals surface area contributed by atoms with Gasteiger partial charge in [-0.05, 0) is 39.2 Å². The van der Waals surface area contributed by atoms with Crippen LogP contribution in [0.5, 0.6) is 0 Å². The first-order valence-corrected chi connectivity index (χ1v) is 13.4. The van der Waals surface area contributed by atoms with Crippen LogP contribution in [0, 0.1) is 18.3 Å². The lowest BCUT2D eigenvalue weighted by molar-refractivity contribution is 0.208. The van der Waals surface area contributed by atoms with E-state index in [1.54, 1.807) is 25.5 Å². The van der Waals surface area contributed by atoms with Crippen molar-refractivity contribution in [1.29, 1.82) is 5.26 Å². The molecule has 2 unspecified atom stereocenters. The molecule has 37 heavy (non-hydrogen) atoms. The third-order valence-electron chi connectivity index (χ3n) is 5.11. The number of aliphatic hydroxyl groups excluding tert-OH is 2. The minimum Gasteiger partial charge on any atom is -0.392 e. The molecule has 0 aliphatic rings. The summed E-state index contributed by atoms with van der Waals surface area (Å²) in [6.07, 6.45) is 0.606. The summed E-state index contributed by atoms with van der Waals surface area (Å²) >= 11 is 2.90. The first-order chi connectivity index (χ1) is 17.8. The number of aliphatic hydroxyl groups is 2. The van der Waals surface area contributed by atoms with E-state index >= 15 is 0 Å². The van der Waals surface area contributed by atoms with Crippen molar-refractivity contribution >= 4 is 56.6 Å². The molecule has 1 aromatic carbocycles. The fraction of sp³-hybridized carbons (Fsp3) is 0.348. The third-order valence-corrected chi connectivity index (χ3v) is 6.75. The van der Waals surface area contributed by atoms with Crippen molar-refractivity contribution < 1.29 is 10.2 Å². The number of pyridine rings is 1. The number of nitriles is 1. The largest absolute Gasteiger partial charge is 0.392 e. The second-order valence-electron chi connectivity index (χ2n) is 8.20. The van der Waals surface area contributed by atoms with Crippen molar-refractivity contribution in [3.05, 3.63) is 35.4 Å². The molecule has 0 spiro atoms. The van der Waals surface area contributed by atoms with Gasteiger partial charge in [-0.2, -0.15) is 14.9 Å². The van der Waals surface area contributed by atoms with Crippen LogP contribution in [0.1, 0.15) is 25.0 Å². The van der Waals surface area contributed by atoms with Crippen molar-refractivity contribution in [2.24, 2.45) is 10.2 Å². The van der Waals surface area contributed by atoms with Gasteiger partial charge in [-0.15, -0.1) is 15.3 Å². The number of benzene rings is 1. The number of para-hydroxylation sites is 1. The van der Waals surface area contributed by atoms with Gasteiger partial charge in [0.05, 0.1) is 28.0 Å². The Morgan fingerprint density at radius 3 is 2.43 bits per heavy atom. The number of hydrogen-bond donors (Lipinski definition) is 4. The van der Waals surface area contributed by atoms with Crippen molar-refractivity contribution in [1.82, 2.24) is 24.7 Å². The van der Waals surface area contributed by atoms with Crippen LogP contribution in [0.2, 0.25) is 0 Å². The van der Waals surface area contributed by atoms with Crippen LogP contribution in [-0.4, -0.2) is 66.5 Å². The van der Waals surface area contributed by atoms with Gasteiger partial charge in [-0.3, -0.25) is 0 Å². The van der Waals surface area contributed by atoms with Crippen molar-refractivity contribution in [3.63, 3.8) is 0 Å². The Hall–Kier alpha value is -3.64. The van der Waals surface area contributed by atoms with E-state index in [1.807, 2.05) is 30.5 Å². The van der Waals surface area contributed by atoms with Crippen LogP contribution in [0.25, 0.3) is 15.3 Å². The summed E-state index contributed by atoms with van der Waals surface area (Å²) in [5, 5.41) is 49.6. The first kappa shape index (κ1) is 26.4. The minimum atomic E-state index is -0.647. The van der Waals surface area contributed by atoms with Crippen LogP contribution in [0.4, 0.5) is 23.3 Å². The molecule has 4 aromatic rings. The molecule has 192 valence electrons. The Labute approximate surface area is 221 Å². The summed E-state index contributed by atoms with van der Waals surface area (Å²) in [5.41, 5.74) is 1.99. The minimum absolute atomic E-state index is 0.124. The molecule has 0 bridgehead atoms. The molecule has 14 heteroatoms. The monoisotopic (exact) mass is 538 g/mol. The Balaban J connectivity index is 1.72. The molecule has 0 amide bonds. The Morgan fingerprint density at radius 1 is 1.08 bits per heavy atom. The second kappa shape index (κ2) is 11.6. The van der Waals surface area contributed by atoms with Crippen molar-refractivity contribution in [2.45, 2.75) is 38.1 Å². The van der Waals surface area contributed by atoms with Crippen LogP contribution < -0.4 is 10.6 Å². The maximum Gasteiger partial charge on any atom is 0.288 e. The van der Waals surface area contributed by atoms with Gasteiger partial charge in [0.1, 0.15) is 17.6 Å². The smallest absolute Gasteiger partial charge is 0.288 e. The molecule has 0 radical (unpaired) electrons. The summed E-state index contributed by atoms with van der Waals surface area (Å²) in [4.78, 5) is 13.6. The van der Waals surface area contributed by atoms with E-state index in [0.29, 0.717) is 33.2 Å². The van der Waals surface area contributed by atoms with E-state index in [4.69, 9.17) is 0 Å². The number of thioether (sulfide) groups is 1. The zero-order valence-electron chi connectivity index (χ0n) is 20.7. The topological polar surface area (TPSA) is 170 Å². The third kappa shape index (κ3) is 6.03. The summed E-state index contributed by atoms with van der Waals surface area (Å²) in [6.45, 7) is 5.42. The molecule has 2 atom stereocenters. The van der Waals surface area contributed by atoms with Crippen LogP contribution in [-0.2, 0) is 0 Å². The molecule has 0 saturated carbocycles. The quantitative estimate of drug-likeness (QED) is 0.170. The second-order valence-corrected chi connectivity index (χ2v) is 9.99. The molecule has 0 saturated heterocycles. The van der Waals surface area contributed by atoms with Crippen molar-refractivity contribution in [2.75, 3.05) is 30.0 Å². The number of fused-ring (bicyclic) bond motifs is 1. The maximum atomic E-state index is 9.78. The Morgan fingerprint density at radius 2 is 1.78 bits per heavy atom. The van der Waals surface area contributed by atoms with Gasteiger partial charge >= 0.3 is 0 Å². The number of thiazole rings is 1. The standard InChI is InChI=1S/C23H26N10O2S2/c1-12(34)10-25-19-15(9-24)14(3)18(20(28-19)26-11-13(2)35)30-31-21-29-22(36-4)33(32-21)23-27-16-7-5-6-8-17(16)37-23/h5-8,12-13,34-35H,10-11H2,1-4H3,(H2,25,26,28). The fourth-order valence-corrected chi connectivity index (χ4v) is 4.78. The molecule has 0 aliphatic carbocycles. The number of azo groups is 1. The normalized spacial score (nSPS) is 13.1. The zero-order chi connectivity index (χ0) is 26.5. The predicted molar refractivity (Wildman–Crippen MR) is 145 cm³/mol. The summed E-state index contributed by atoms with van der Waals surface area (Å²) < 4.78 is 2.66. The van der Waals surface area contributed by atoms with Gasteiger partial charge in [0.15, 0.2) is 11.0 Å². The predicted octanol–water partition coefficient (Wildman–Crippen LogP) is 4.17. The summed E-state index contributed by atoms with van der Waals surface area (Å²) in [5.74, 6) is 0.750. The van der Waals surface area contributed by atoms with E-state index in [-0.39, 0.29) is 24.6 Å². The average molecular weight is 539 g/mol. The van der Waals surface area contributed by atoms with Gasteiger partial charge in [0.2, 0.25) is 5.13 Å². The van der Waals surface area contributed by atoms with Gasteiger partial charge in [-0.25, -0.2) is 9.97 Å². The maximum absolute atomic E-state index is 9.78. The highest BCUT2D eigenvalue weighted by Crippen LogP contribution is 2.35. The van der Waals surface area contributed by atoms with Gasteiger partial charge in [0.25, 0.3) is 5.95 Å². The molecule has 12 nitrogen and oxygen atoms in total. The summed E-state index contributed by atoms with van der Waals surface area (Å²) in [6, 6.07) is 9.97. The highest BCUT2D eigenvalue weighted by molar-refractivity contribution is 7.98. The lowest BCUT2D eigenvalue weighted by Gasteiger charge is -2.16. The number of anilines is 2. The van der Waals surface area contributed by atoms with Crippen molar-refractivity contribution in [3.8, 4) is 11.2 Å². The molecule has 0 aliphatic heterocycles. The van der Waals surface area contributed by atoms with Crippen LogP contribution >= 0.6 is 23.1 Å². The highest BCUT2D eigenvalue weighted by atomic mass is 32.2. The fourth-order valence-electron chi connectivity index (χ4n) is 3.33. The lowest BCUT2D eigenvalue weighted by Crippen LogP contribution is -2.19. The zero-order valence-corrected chi connectivity index (χ0v) is 22.3.